The van der Waals surface area contributed by atoms with Crippen LogP contribution in [0.4, 0.5) is 17.2 Å². The second-order valence-electron chi connectivity index (χ2n) is 9.37. The minimum absolute atomic E-state index is 0.108. The molecule has 1 atom stereocenters. The maximum absolute atomic E-state index is 11.8. The molecule has 0 bridgehead atoms. The van der Waals surface area contributed by atoms with E-state index in [4.69, 9.17) is 9.47 Å². The molecule has 4 heterocycles. The molecule has 4 aromatic rings. The quantitative estimate of drug-likeness (QED) is 0.326. The van der Waals surface area contributed by atoms with Gasteiger partial charge in [-0.15, -0.1) is 0 Å². The first kappa shape index (κ1) is 24.3. The average Bonchev–Trinajstić information content (AvgIpc) is 2.95. The van der Waals surface area contributed by atoms with E-state index >= 15 is 0 Å². The molecule has 9 nitrogen and oxygen atoms in total. The van der Waals surface area contributed by atoms with Gasteiger partial charge in [0.1, 0.15) is 23.4 Å². The zero-order valence-electron chi connectivity index (χ0n) is 21.2. The molecule has 2 aliphatic rings. The lowest BCUT2D eigenvalue weighted by Crippen LogP contribution is -2.39. The van der Waals surface area contributed by atoms with E-state index in [2.05, 4.69) is 43.4 Å². The number of aromatic amines is 1. The molecular formula is C28H28N6O3S. The number of ether oxygens (including phenoxy) is 2. The van der Waals surface area contributed by atoms with Gasteiger partial charge in [-0.2, -0.15) is 0 Å². The Labute approximate surface area is 224 Å². The molecule has 194 valence electrons. The lowest BCUT2D eigenvalue weighted by molar-refractivity contribution is 0.0383. The Kier molecular flexibility index (Phi) is 6.65. The summed E-state index contributed by atoms with van der Waals surface area (Å²) in [5.41, 5.74) is 3.66. The number of fused-ring (bicyclic) bond motifs is 2. The zero-order valence-corrected chi connectivity index (χ0v) is 22.0. The van der Waals surface area contributed by atoms with Gasteiger partial charge in [0.2, 0.25) is 5.56 Å². The first-order valence-corrected chi connectivity index (χ1v) is 13.3. The van der Waals surface area contributed by atoms with Crippen molar-refractivity contribution in [2.75, 3.05) is 48.9 Å². The number of aromatic nitrogens is 3. The van der Waals surface area contributed by atoms with Crippen LogP contribution in [0.5, 0.6) is 11.5 Å². The van der Waals surface area contributed by atoms with Crippen LogP contribution in [0.15, 0.2) is 81.7 Å². The van der Waals surface area contributed by atoms with Crippen molar-refractivity contribution in [3.63, 3.8) is 0 Å². The monoisotopic (exact) mass is 528 g/mol. The van der Waals surface area contributed by atoms with E-state index in [0.717, 1.165) is 56.3 Å². The average molecular weight is 529 g/mol. The van der Waals surface area contributed by atoms with Crippen LogP contribution >= 0.6 is 11.8 Å². The van der Waals surface area contributed by atoms with E-state index in [1.165, 1.54) is 0 Å². The lowest BCUT2D eigenvalue weighted by Gasteiger charge is -2.35. The summed E-state index contributed by atoms with van der Waals surface area (Å²) in [5, 5.41) is 3.44. The molecule has 1 saturated heterocycles. The van der Waals surface area contributed by atoms with Crippen LogP contribution in [0.25, 0.3) is 0 Å². The van der Waals surface area contributed by atoms with Gasteiger partial charge in [0.05, 0.1) is 41.0 Å². The molecule has 38 heavy (non-hydrogen) atoms. The number of hydrogen-bond acceptors (Lipinski definition) is 9. The van der Waals surface area contributed by atoms with Gasteiger partial charge in [-0.25, -0.2) is 4.98 Å². The highest BCUT2D eigenvalue weighted by Crippen LogP contribution is 2.50. The summed E-state index contributed by atoms with van der Waals surface area (Å²) < 4.78 is 12.6. The maximum Gasteiger partial charge on any atom is 0.249 e. The first-order chi connectivity index (χ1) is 18.5. The number of para-hydroxylation sites is 1. The number of H-pyrrole nitrogens is 1. The molecule has 2 aromatic carbocycles. The minimum atomic E-state index is -0.166. The third-order valence-corrected chi connectivity index (χ3v) is 7.63. The van der Waals surface area contributed by atoms with E-state index in [0.29, 0.717) is 19.7 Å². The maximum atomic E-state index is 11.8. The van der Waals surface area contributed by atoms with Gasteiger partial charge in [0, 0.05) is 56.4 Å². The Hall–Kier alpha value is -4.02. The fourth-order valence-electron chi connectivity index (χ4n) is 4.55. The Morgan fingerprint density at radius 1 is 1.13 bits per heavy atom. The molecule has 1 fully saturated rings. The van der Waals surface area contributed by atoms with Gasteiger partial charge < -0.3 is 29.6 Å². The van der Waals surface area contributed by atoms with Crippen LogP contribution in [0.1, 0.15) is 17.4 Å². The number of nitrogens with one attached hydrogen (secondary N) is 2. The Balaban J connectivity index is 1.17. The molecule has 0 radical (unpaired) electrons. The van der Waals surface area contributed by atoms with Gasteiger partial charge in [0.25, 0.3) is 0 Å². The molecule has 0 amide bonds. The Morgan fingerprint density at radius 3 is 2.87 bits per heavy atom. The van der Waals surface area contributed by atoms with Crippen LogP contribution in [-0.2, 0) is 11.3 Å². The van der Waals surface area contributed by atoms with Gasteiger partial charge in [-0.3, -0.25) is 9.78 Å². The third kappa shape index (κ3) is 5.05. The third-order valence-electron chi connectivity index (χ3n) is 6.55. The van der Waals surface area contributed by atoms with Crippen molar-refractivity contribution < 1.29 is 9.47 Å². The van der Waals surface area contributed by atoms with Crippen LogP contribution < -0.4 is 25.4 Å². The molecule has 6 rings (SSSR count). The highest BCUT2D eigenvalue weighted by molar-refractivity contribution is 7.99. The van der Waals surface area contributed by atoms with Crippen LogP contribution in [0.2, 0.25) is 0 Å². The number of hydrogen-bond donors (Lipinski definition) is 2. The first-order valence-electron chi connectivity index (χ1n) is 12.4. The number of morpholine rings is 1. The highest BCUT2D eigenvalue weighted by Gasteiger charge is 2.29. The summed E-state index contributed by atoms with van der Waals surface area (Å²) in [6, 6.07) is 15.8. The Bertz CT molecular complexity index is 1510. The van der Waals surface area contributed by atoms with E-state index in [-0.39, 0.29) is 11.7 Å². The van der Waals surface area contributed by atoms with Gasteiger partial charge in [0.15, 0.2) is 0 Å². The van der Waals surface area contributed by atoms with E-state index in [1.807, 2.05) is 43.3 Å². The normalized spacial score (nSPS) is 16.3. The van der Waals surface area contributed by atoms with E-state index < -0.39 is 0 Å². The summed E-state index contributed by atoms with van der Waals surface area (Å²) in [4.78, 5) is 29.6. The van der Waals surface area contributed by atoms with E-state index in [9.17, 15) is 4.79 Å². The standard InChI is InChI=1S/C28H28N6O3S/c1-33(2)26-16-31-19(15-32-26)14-30-18-6-7-22-25(12-18)38-24-5-3-4-21(28(24)37-22)23-17-34(10-11-36-23)20-8-9-29-27(35)13-20/h3-9,12-13,15-16,23,30H,10-11,14,17H2,1-2H3,(H,29,35). The van der Waals surface area contributed by atoms with E-state index in [1.54, 1.807) is 36.4 Å². The number of pyridine rings is 1. The fourth-order valence-corrected chi connectivity index (χ4v) is 5.58. The summed E-state index contributed by atoms with van der Waals surface area (Å²) in [5.74, 6) is 2.48. The van der Waals surface area contributed by atoms with Gasteiger partial charge in [-0.05, 0) is 30.3 Å². The second kappa shape index (κ2) is 10.4. The van der Waals surface area contributed by atoms with Crippen molar-refractivity contribution in [1.82, 2.24) is 15.0 Å². The van der Waals surface area contributed by atoms with Crippen molar-refractivity contribution in [3.05, 3.63) is 88.7 Å². The molecule has 2 aliphatic heterocycles. The van der Waals surface area contributed by atoms with Crippen LogP contribution in [0.3, 0.4) is 0 Å². The molecule has 10 heteroatoms. The molecule has 0 saturated carbocycles. The molecule has 1 unspecified atom stereocenters. The summed E-state index contributed by atoms with van der Waals surface area (Å²) >= 11 is 1.69. The topological polar surface area (TPSA) is 95.6 Å². The van der Waals surface area contributed by atoms with Crippen molar-refractivity contribution in [3.8, 4) is 11.5 Å². The molecule has 2 aromatic heterocycles. The van der Waals surface area contributed by atoms with Crippen molar-refractivity contribution in [2.24, 2.45) is 0 Å². The number of anilines is 3. The summed E-state index contributed by atoms with van der Waals surface area (Å²) in [7, 11) is 3.89. The van der Waals surface area contributed by atoms with Crippen molar-refractivity contribution in [1.29, 1.82) is 0 Å². The van der Waals surface area contributed by atoms with Gasteiger partial charge >= 0.3 is 0 Å². The predicted octanol–water partition coefficient (Wildman–Crippen LogP) is 4.68. The molecule has 0 spiro atoms. The van der Waals surface area contributed by atoms with Crippen molar-refractivity contribution in [2.45, 2.75) is 22.4 Å². The largest absolute Gasteiger partial charge is 0.455 e. The minimum Gasteiger partial charge on any atom is -0.455 e. The molecular weight excluding hydrogens is 500 g/mol. The van der Waals surface area contributed by atoms with Crippen LogP contribution in [-0.4, -0.2) is 48.7 Å². The van der Waals surface area contributed by atoms with Gasteiger partial charge in [-0.1, -0.05) is 23.9 Å². The highest BCUT2D eigenvalue weighted by atomic mass is 32.2. The number of rotatable bonds is 6. The second-order valence-corrected chi connectivity index (χ2v) is 10.5. The summed E-state index contributed by atoms with van der Waals surface area (Å²) in [6.07, 6.45) is 5.08. The summed E-state index contributed by atoms with van der Waals surface area (Å²) in [6.45, 7) is 2.52. The van der Waals surface area contributed by atoms with Crippen LogP contribution in [0, 0.1) is 0 Å². The lowest BCUT2D eigenvalue weighted by atomic mass is 10.1. The predicted molar refractivity (Wildman–Crippen MR) is 149 cm³/mol. The smallest absolute Gasteiger partial charge is 0.249 e. The zero-order chi connectivity index (χ0) is 26.1. The number of benzene rings is 2. The molecule has 2 N–H and O–H groups in total. The fraction of sp³-hybridized carbons (Fsp3) is 0.250. The molecule has 0 aliphatic carbocycles. The number of nitrogens with zero attached hydrogens (tertiary/aromatic N) is 4. The Morgan fingerprint density at radius 2 is 2.05 bits per heavy atom. The van der Waals surface area contributed by atoms with Crippen molar-refractivity contribution >= 4 is 29.0 Å². The SMILES string of the molecule is CN(C)c1cnc(CNc2ccc3c(c2)Sc2cccc(C4CN(c5cc[nH]c(=O)c5)CCO4)c2O3)cn1.